The monoisotopic (exact) mass is 386 g/mol. The van der Waals surface area contributed by atoms with Gasteiger partial charge in [-0.3, -0.25) is 0 Å². The van der Waals surface area contributed by atoms with Crippen molar-refractivity contribution in [2.45, 2.75) is 12.8 Å². The molecule has 1 aliphatic rings. The summed E-state index contributed by atoms with van der Waals surface area (Å²) < 4.78 is 3.16. The van der Waals surface area contributed by atoms with Crippen LogP contribution in [0, 0.1) is 7.14 Å². The summed E-state index contributed by atoms with van der Waals surface area (Å²) in [6, 6.07) is 17.8. The van der Waals surface area contributed by atoms with E-state index in [9.17, 15) is 0 Å². The van der Waals surface area contributed by atoms with Gasteiger partial charge in [0.25, 0.3) is 0 Å². The second-order valence-corrected chi connectivity index (χ2v) is 11.6. The van der Waals surface area contributed by atoms with Gasteiger partial charge < -0.3 is 0 Å². The third-order valence-electron chi connectivity index (χ3n) is 2.94. The zero-order valence-corrected chi connectivity index (χ0v) is 12.5. The Hall–Kier alpha value is -0.350. The molecule has 0 N–H and O–H groups in total. The molecule has 82 valence electrons. The first kappa shape index (κ1) is 10.8. The minimum atomic E-state index is -1.31. The third-order valence-corrected chi connectivity index (χ3v) is 11.4. The van der Waals surface area contributed by atoms with E-state index in [0.29, 0.717) is 0 Å². The average molecular weight is 387 g/mol. The van der Waals surface area contributed by atoms with Crippen molar-refractivity contribution in [2.24, 2.45) is 0 Å². The van der Waals surface area contributed by atoms with Gasteiger partial charge in [0.2, 0.25) is 0 Å². The molecule has 1 aliphatic heterocycles. The minimum absolute atomic E-state index is 1.19. The third kappa shape index (κ3) is 1.82. The summed E-state index contributed by atoms with van der Waals surface area (Å²) in [5.74, 6) is 0. The molecule has 1 heterocycles. The number of rotatable bonds is 0. The fraction of sp³-hybridized carbons (Fsp3) is 0.143. The van der Waals surface area contributed by atoms with E-state index in [1.165, 1.54) is 12.8 Å². The van der Waals surface area contributed by atoms with Gasteiger partial charge in [0.1, 0.15) is 0 Å². The van der Waals surface area contributed by atoms with Gasteiger partial charge >= 0.3 is 110 Å². The SMILES string of the molecule is BrI1c2ccccc2CCc2ccccc21. The van der Waals surface area contributed by atoms with Crippen LogP contribution in [0.2, 0.25) is 0 Å². The molecule has 0 spiro atoms. The van der Waals surface area contributed by atoms with Crippen LogP contribution in [0.1, 0.15) is 11.1 Å². The number of aryl methyl sites for hydroxylation is 2. The molecule has 16 heavy (non-hydrogen) atoms. The van der Waals surface area contributed by atoms with E-state index in [0.717, 1.165) is 0 Å². The van der Waals surface area contributed by atoms with Crippen molar-refractivity contribution < 1.29 is 0 Å². The van der Waals surface area contributed by atoms with Crippen LogP contribution in [-0.2, 0) is 12.8 Å². The molecule has 0 saturated carbocycles. The predicted molar refractivity (Wildman–Crippen MR) is 80.6 cm³/mol. The first-order valence-electron chi connectivity index (χ1n) is 5.38. The summed E-state index contributed by atoms with van der Waals surface area (Å²) in [5.41, 5.74) is 3.08. The van der Waals surface area contributed by atoms with Gasteiger partial charge in [-0.25, -0.2) is 0 Å². The summed E-state index contributed by atoms with van der Waals surface area (Å²) >= 11 is 2.68. The van der Waals surface area contributed by atoms with E-state index < -0.39 is 17.6 Å². The van der Waals surface area contributed by atoms with Crippen LogP contribution in [0.3, 0.4) is 0 Å². The van der Waals surface area contributed by atoms with Gasteiger partial charge in [-0.2, -0.15) is 0 Å². The quantitative estimate of drug-likeness (QED) is 0.578. The van der Waals surface area contributed by atoms with E-state index in [1.807, 2.05) is 0 Å². The fourth-order valence-corrected chi connectivity index (χ4v) is 9.82. The van der Waals surface area contributed by atoms with Gasteiger partial charge in [-0.05, 0) is 0 Å². The van der Waals surface area contributed by atoms with Crippen LogP contribution in [-0.4, -0.2) is 0 Å². The number of hydrogen-bond donors (Lipinski definition) is 0. The molecular weight excluding hydrogens is 375 g/mol. The van der Waals surface area contributed by atoms with Crippen LogP contribution in [0.25, 0.3) is 0 Å². The molecule has 2 heteroatoms. The van der Waals surface area contributed by atoms with E-state index in [-0.39, 0.29) is 0 Å². The summed E-state index contributed by atoms with van der Waals surface area (Å²) in [6.45, 7) is 0. The van der Waals surface area contributed by atoms with Gasteiger partial charge in [0.15, 0.2) is 0 Å². The van der Waals surface area contributed by atoms with Crippen molar-refractivity contribution >= 4 is 30.3 Å². The molecule has 2 aromatic rings. The van der Waals surface area contributed by atoms with Crippen LogP contribution >= 0.6 is 30.3 Å². The van der Waals surface area contributed by atoms with E-state index in [2.05, 4.69) is 61.2 Å². The van der Waals surface area contributed by atoms with Gasteiger partial charge in [-0.1, -0.05) is 0 Å². The maximum absolute atomic E-state index is 3.99. The molecule has 2 aromatic carbocycles. The molecule has 3 rings (SSSR count). The Morgan fingerprint density at radius 3 is 1.69 bits per heavy atom. The van der Waals surface area contributed by atoms with Gasteiger partial charge in [0, 0.05) is 0 Å². The number of benzene rings is 2. The molecular formula is C14H12BrI. The normalized spacial score (nSPS) is 16.2. The number of hydrogen-bond acceptors (Lipinski definition) is 0. The molecule has 0 atom stereocenters. The summed E-state index contributed by atoms with van der Waals surface area (Å²) in [7, 11) is 0. The second kappa shape index (κ2) is 4.49. The summed E-state index contributed by atoms with van der Waals surface area (Å²) in [4.78, 5) is 0. The predicted octanol–water partition coefficient (Wildman–Crippen LogP) is 4.64. The Bertz CT molecular complexity index is 474. The van der Waals surface area contributed by atoms with E-state index >= 15 is 0 Å². The van der Waals surface area contributed by atoms with E-state index in [4.69, 9.17) is 0 Å². The number of fused-ring (bicyclic) bond motifs is 2. The summed E-state index contributed by atoms with van der Waals surface area (Å²) in [5, 5.41) is 0. The van der Waals surface area contributed by atoms with Crippen LogP contribution in [0.5, 0.6) is 0 Å². The standard InChI is InChI=1S/C14H12BrI/c15-16-13-7-3-1-5-11(13)9-10-12-6-2-4-8-14(12)16/h1-8H,9-10H2. The molecule has 0 aliphatic carbocycles. The van der Waals surface area contributed by atoms with Crippen LogP contribution in [0.4, 0.5) is 0 Å². The molecule has 0 amide bonds. The molecule has 0 saturated heterocycles. The maximum atomic E-state index is 3.99. The Labute approximate surface area is 109 Å². The first-order chi connectivity index (χ1) is 7.86. The average Bonchev–Trinajstić information content (AvgIpc) is 2.49. The van der Waals surface area contributed by atoms with Crippen molar-refractivity contribution in [3.05, 3.63) is 66.8 Å². The Kier molecular flexibility index (Phi) is 3.03. The fourth-order valence-electron chi connectivity index (χ4n) is 2.11. The zero-order valence-electron chi connectivity index (χ0n) is 8.79. The van der Waals surface area contributed by atoms with Crippen molar-refractivity contribution in [2.75, 3.05) is 0 Å². The number of halogens is 2. The molecule has 0 nitrogen and oxygen atoms in total. The molecule has 0 aromatic heterocycles. The van der Waals surface area contributed by atoms with Crippen LogP contribution in [0.15, 0.2) is 48.5 Å². The topological polar surface area (TPSA) is 0 Å². The molecule has 0 bridgehead atoms. The summed E-state index contributed by atoms with van der Waals surface area (Å²) in [6.07, 6.45) is 2.37. The Morgan fingerprint density at radius 2 is 1.19 bits per heavy atom. The van der Waals surface area contributed by atoms with Gasteiger partial charge in [-0.15, -0.1) is 0 Å². The molecule has 0 fully saturated rings. The van der Waals surface area contributed by atoms with E-state index in [1.54, 1.807) is 18.3 Å². The molecule has 0 unspecified atom stereocenters. The second-order valence-electron chi connectivity index (χ2n) is 3.92. The van der Waals surface area contributed by atoms with Crippen molar-refractivity contribution in [1.82, 2.24) is 0 Å². The molecule has 0 radical (unpaired) electrons. The first-order valence-corrected chi connectivity index (χ1v) is 12.4. The zero-order chi connectivity index (χ0) is 11.0. The Morgan fingerprint density at radius 1 is 0.750 bits per heavy atom. The Balaban J connectivity index is 2.18. The van der Waals surface area contributed by atoms with Gasteiger partial charge in [0.05, 0.1) is 0 Å². The van der Waals surface area contributed by atoms with Crippen molar-refractivity contribution in [3.63, 3.8) is 0 Å². The van der Waals surface area contributed by atoms with Crippen molar-refractivity contribution in [3.8, 4) is 0 Å². The van der Waals surface area contributed by atoms with Crippen LogP contribution < -0.4 is 0 Å². The van der Waals surface area contributed by atoms with Crippen molar-refractivity contribution in [1.29, 1.82) is 0 Å².